The normalized spacial score (nSPS) is 10.3. The van der Waals surface area contributed by atoms with Crippen molar-refractivity contribution in [2.75, 3.05) is 10.6 Å². The Morgan fingerprint density at radius 2 is 1.87 bits per heavy atom. The Labute approximate surface area is 142 Å². The fraction of sp³-hybridized carbons (Fsp3) is 0.0625. The minimum absolute atomic E-state index is 0.0885. The number of carbonyl (C=O) groups excluding carboxylic acids is 1. The van der Waals surface area contributed by atoms with E-state index in [2.05, 4.69) is 20.6 Å². The van der Waals surface area contributed by atoms with Crippen molar-refractivity contribution in [3.8, 4) is 11.3 Å². The van der Waals surface area contributed by atoms with Crippen LogP contribution in [-0.2, 0) is 4.79 Å². The van der Waals surface area contributed by atoms with Gasteiger partial charge in [0, 0.05) is 23.6 Å². The van der Waals surface area contributed by atoms with Crippen LogP contribution in [0.1, 0.15) is 6.92 Å². The fourth-order valence-electron chi connectivity index (χ4n) is 1.96. The average Bonchev–Trinajstić information content (AvgIpc) is 2.98. The van der Waals surface area contributed by atoms with E-state index in [1.165, 1.54) is 18.3 Å². The minimum Gasteiger partial charge on any atom is -0.330 e. The van der Waals surface area contributed by atoms with Crippen molar-refractivity contribution in [2.45, 2.75) is 6.92 Å². The van der Waals surface area contributed by atoms with E-state index in [4.69, 9.17) is 11.6 Å². The molecule has 0 aliphatic heterocycles. The summed E-state index contributed by atoms with van der Waals surface area (Å²) in [6.07, 6.45) is 1.66. The molecule has 5 nitrogen and oxygen atoms in total. The van der Waals surface area contributed by atoms with Gasteiger partial charge in [-0.1, -0.05) is 23.7 Å². The zero-order valence-corrected chi connectivity index (χ0v) is 13.8. The molecule has 0 saturated carbocycles. The quantitative estimate of drug-likeness (QED) is 0.681. The van der Waals surface area contributed by atoms with Crippen molar-refractivity contribution in [1.29, 1.82) is 0 Å². The molecule has 3 aromatic rings. The van der Waals surface area contributed by atoms with E-state index in [1.54, 1.807) is 12.3 Å². The highest BCUT2D eigenvalue weighted by atomic mass is 35.5. The number of benzene rings is 1. The minimum atomic E-state index is -0.0885. The molecule has 2 aromatic heterocycles. The Morgan fingerprint density at radius 3 is 2.52 bits per heavy atom. The van der Waals surface area contributed by atoms with Crippen LogP contribution in [0.25, 0.3) is 11.3 Å². The molecule has 0 fully saturated rings. The van der Waals surface area contributed by atoms with Gasteiger partial charge in [0.2, 0.25) is 5.91 Å². The van der Waals surface area contributed by atoms with Crippen LogP contribution in [0.5, 0.6) is 0 Å². The first-order valence-corrected chi connectivity index (χ1v) is 8.08. The molecular weight excluding hydrogens is 332 g/mol. The molecule has 2 N–H and O–H groups in total. The van der Waals surface area contributed by atoms with Crippen LogP contribution in [-0.4, -0.2) is 15.9 Å². The Balaban J connectivity index is 1.73. The van der Waals surface area contributed by atoms with Crippen LogP contribution in [0.3, 0.4) is 0 Å². The van der Waals surface area contributed by atoms with Gasteiger partial charge in [-0.05, 0) is 24.3 Å². The number of thiazole rings is 1. The standard InChI is InChI=1S/C16H13ClN4OS/c1-10(22)19-12-4-2-11(3-5-12)14-9-23-16(21-14)20-13-6-7-15(17)18-8-13/h2-9H,1H3,(H,19,22)(H,20,21). The zero-order valence-electron chi connectivity index (χ0n) is 12.2. The van der Waals surface area contributed by atoms with Crippen molar-refractivity contribution in [1.82, 2.24) is 9.97 Å². The highest BCUT2D eigenvalue weighted by Gasteiger charge is 2.06. The molecule has 1 aromatic carbocycles. The van der Waals surface area contributed by atoms with Gasteiger partial charge in [-0.25, -0.2) is 9.97 Å². The molecule has 2 heterocycles. The number of hydrogen-bond acceptors (Lipinski definition) is 5. The molecule has 0 atom stereocenters. The van der Waals surface area contributed by atoms with Gasteiger partial charge in [0.05, 0.1) is 17.6 Å². The topological polar surface area (TPSA) is 66.9 Å². The van der Waals surface area contributed by atoms with Crippen LogP contribution in [0.2, 0.25) is 5.15 Å². The van der Waals surface area contributed by atoms with Crippen LogP contribution in [0, 0.1) is 0 Å². The number of aromatic nitrogens is 2. The fourth-order valence-corrected chi connectivity index (χ4v) is 2.82. The predicted molar refractivity (Wildman–Crippen MR) is 94.4 cm³/mol. The molecule has 23 heavy (non-hydrogen) atoms. The largest absolute Gasteiger partial charge is 0.330 e. The third kappa shape index (κ3) is 4.06. The summed E-state index contributed by atoms with van der Waals surface area (Å²) >= 11 is 7.27. The second-order valence-corrected chi connectivity index (χ2v) is 6.04. The maximum absolute atomic E-state index is 11.0. The van der Waals surface area contributed by atoms with Crippen LogP contribution in [0.4, 0.5) is 16.5 Å². The molecule has 0 unspecified atom stereocenters. The van der Waals surface area contributed by atoms with Gasteiger partial charge in [-0.3, -0.25) is 4.79 Å². The highest BCUT2D eigenvalue weighted by molar-refractivity contribution is 7.14. The van der Waals surface area contributed by atoms with Crippen molar-refractivity contribution < 1.29 is 4.79 Å². The number of carbonyl (C=O) groups is 1. The summed E-state index contributed by atoms with van der Waals surface area (Å²) in [7, 11) is 0. The van der Waals surface area contributed by atoms with E-state index in [0.29, 0.717) is 5.15 Å². The number of amides is 1. The molecular formula is C16H13ClN4OS. The second kappa shape index (κ2) is 6.76. The predicted octanol–water partition coefficient (Wildman–Crippen LogP) is 4.56. The van der Waals surface area contributed by atoms with Gasteiger partial charge in [0.25, 0.3) is 0 Å². The molecule has 0 aliphatic rings. The van der Waals surface area contributed by atoms with Crippen LogP contribution in [0.15, 0.2) is 48.0 Å². The van der Waals surface area contributed by atoms with Gasteiger partial charge in [-0.2, -0.15) is 0 Å². The molecule has 0 radical (unpaired) electrons. The number of rotatable bonds is 4. The van der Waals surface area contributed by atoms with Crippen LogP contribution < -0.4 is 10.6 Å². The summed E-state index contributed by atoms with van der Waals surface area (Å²) < 4.78 is 0. The number of halogens is 1. The Hall–Kier alpha value is -2.44. The van der Waals surface area contributed by atoms with Crippen molar-refractivity contribution in [3.63, 3.8) is 0 Å². The lowest BCUT2D eigenvalue weighted by molar-refractivity contribution is -0.114. The van der Waals surface area contributed by atoms with E-state index in [-0.39, 0.29) is 5.91 Å². The van der Waals surface area contributed by atoms with E-state index in [0.717, 1.165) is 27.8 Å². The summed E-state index contributed by atoms with van der Waals surface area (Å²) in [4.78, 5) is 19.6. The molecule has 116 valence electrons. The van der Waals surface area contributed by atoms with Gasteiger partial charge in [0.1, 0.15) is 5.15 Å². The molecule has 0 spiro atoms. The van der Waals surface area contributed by atoms with E-state index >= 15 is 0 Å². The van der Waals surface area contributed by atoms with Crippen molar-refractivity contribution >= 4 is 45.4 Å². The number of hydrogen-bond donors (Lipinski definition) is 2. The maximum Gasteiger partial charge on any atom is 0.221 e. The molecule has 0 saturated heterocycles. The highest BCUT2D eigenvalue weighted by Crippen LogP contribution is 2.28. The van der Waals surface area contributed by atoms with E-state index < -0.39 is 0 Å². The Morgan fingerprint density at radius 1 is 1.13 bits per heavy atom. The summed E-state index contributed by atoms with van der Waals surface area (Å²) in [6, 6.07) is 11.1. The third-order valence-corrected chi connectivity index (χ3v) is 3.97. The maximum atomic E-state index is 11.0. The van der Waals surface area contributed by atoms with Gasteiger partial charge >= 0.3 is 0 Å². The Bertz CT molecular complexity index is 815. The lowest BCUT2D eigenvalue weighted by atomic mass is 10.1. The van der Waals surface area contributed by atoms with E-state index in [1.807, 2.05) is 35.7 Å². The summed E-state index contributed by atoms with van der Waals surface area (Å²) in [5, 5.41) is 9.12. The summed E-state index contributed by atoms with van der Waals surface area (Å²) in [6.45, 7) is 1.48. The molecule has 0 bridgehead atoms. The number of pyridine rings is 1. The molecule has 7 heteroatoms. The SMILES string of the molecule is CC(=O)Nc1ccc(-c2csc(Nc3ccc(Cl)nc3)n2)cc1. The first-order valence-electron chi connectivity index (χ1n) is 6.82. The van der Waals surface area contributed by atoms with Crippen molar-refractivity contribution in [2.24, 2.45) is 0 Å². The van der Waals surface area contributed by atoms with Gasteiger partial charge in [0.15, 0.2) is 5.13 Å². The smallest absolute Gasteiger partial charge is 0.221 e. The zero-order chi connectivity index (χ0) is 16.2. The lowest BCUT2D eigenvalue weighted by Gasteiger charge is -2.03. The summed E-state index contributed by atoms with van der Waals surface area (Å²) in [5.41, 5.74) is 3.45. The molecule has 3 rings (SSSR count). The number of anilines is 3. The van der Waals surface area contributed by atoms with Crippen LogP contribution >= 0.6 is 22.9 Å². The number of nitrogens with one attached hydrogen (secondary N) is 2. The second-order valence-electron chi connectivity index (χ2n) is 4.79. The number of nitrogens with zero attached hydrogens (tertiary/aromatic N) is 2. The Kier molecular flexibility index (Phi) is 4.55. The third-order valence-electron chi connectivity index (χ3n) is 2.98. The van der Waals surface area contributed by atoms with Crippen molar-refractivity contribution in [3.05, 3.63) is 53.1 Å². The molecule has 0 aliphatic carbocycles. The molecule has 1 amide bonds. The lowest BCUT2D eigenvalue weighted by Crippen LogP contribution is -2.05. The van der Waals surface area contributed by atoms with Gasteiger partial charge in [-0.15, -0.1) is 11.3 Å². The summed E-state index contributed by atoms with van der Waals surface area (Å²) in [5.74, 6) is -0.0885. The van der Waals surface area contributed by atoms with Gasteiger partial charge < -0.3 is 10.6 Å². The first-order chi connectivity index (χ1) is 11.1. The van der Waals surface area contributed by atoms with E-state index in [9.17, 15) is 4.79 Å². The first kappa shape index (κ1) is 15.5. The average molecular weight is 345 g/mol. The monoisotopic (exact) mass is 344 g/mol.